The topological polar surface area (TPSA) is 73.9 Å². The molecule has 0 heterocycles. The van der Waals surface area contributed by atoms with Gasteiger partial charge < -0.3 is 19.5 Å². The molecular formula is C19H20ClNO5. The SMILES string of the molecule is COc1ccc(NC(=O)COC(=O)[C@H](C)Oc2cccc(C)c2)cc1Cl. The van der Waals surface area contributed by atoms with E-state index in [1.54, 1.807) is 31.2 Å². The highest BCUT2D eigenvalue weighted by molar-refractivity contribution is 6.32. The fourth-order valence-electron chi connectivity index (χ4n) is 2.14. The lowest BCUT2D eigenvalue weighted by Gasteiger charge is -2.14. The van der Waals surface area contributed by atoms with Crippen molar-refractivity contribution in [3.05, 3.63) is 53.1 Å². The summed E-state index contributed by atoms with van der Waals surface area (Å²) < 4.78 is 15.5. The van der Waals surface area contributed by atoms with Crippen LogP contribution in [0.4, 0.5) is 5.69 Å². The summed E-state index contributed by atoms with van der Waals surface area (Å²) in [4.78, 5) is 23.9. The molecule has 0 saturated carbocycles. The second-order valence-electron chi connectivity index (χ2n) is 5.58. The number of hydrogen-bond acceptors (Lipinski definition) is 5. The van der Waals surface area contributed by atoms with Gasteiger partial charge in [0, 0.05) is 5.69 Å². The molecule has 0 aromatic heterocycles. The molecule has 0 aliphatic carbocycles. The van der Waals surface area contributed by atoms with E-state index in [1.807, 2.05) is 25.1 Å². The predicted molar refractivity (Wildman–Crippen MR) is 98.9 cm³/mol. The van der Waals surface area contributed by atoms with Crippen molar-refractivity contribution in [1.82, 2.24) is 0 Å². The van der Waals surface area contributed by atoms with Gasteiger partial charge in [-0.1, -0.05) is 23.7 Å². The van der Waals surface area contributed by atoms with Crippen molar-refractivity contribution in [2.45, 2.75) is 20.0 Å². The Kier molecular flexibility index (Phi) is 6.86. The van der Waals surface area contributed by atoms with Crippen LogP contribution in [0, 0.1) is 6.92 Å². The van der Waals surface area contributed by atoms with Gasteiger partial charge in [0.25, 0.3) is 5.91 Å². The van der Waals surface area contributed by atoms with Gasteiger partial charge in [0.1, 0.15) is 11.5 Å². The van der Waals surface area contributed by atoms with Crippen molar-refractivity contribution in [2.24, 2.45) is 0 Å². The number of carbonyl (C=O) groups is 2. The number of ether oxygens (including phenoxy) is 3. The summed E-state index contributed by atoms with van der Waals surface area (Å²) in [7, 11) is 1.50. The van der Waals surface area contributed by atoms with Gasteiger partial charge in [-0.05, 0) is 49.7 Å². The Morgan fingerprint density at radius 3 is 2.62 bits per heavy atom. The number of amides is 1. The molecule has 0 spiro atoms. The molecule has 6 nitrogen and oxygen atoms in total. The number of aryl methyl sites for hydroxylation is 1. The average Bonchev–Trinajstić information content (AvgIpc) is 2.60. The van der Waals surface area contributed by atoms with Crippen LogP contribution in [0.2, 0.25) is 5.02 Å². The van der Waals surface area contributed by atoms with Crippen molar-refractivity contribution < 1.29 is 23.8 Å². The first-order chi connectivity index (χ1) is 12.4. The largest absolute Gasteiger partial charge is 0.495 e. The van der Waals surface area contributed by atoms with E-state index >= 15 is 0 Å². The zero-order valence-corrected chi connectivity index (χ0v) is 15.5. The van der Waals surface area contributed by atoms with E-state index < -0.39 is 24.6 Å². The van der Waals surface area contributed by atoms with Crippen molar-refractivity contribution in [3.63, 3.8) is 0 Å². The third kappa shape index (κ3) is 5.67. The maximum Gasteiger partial charge on any atom is 0.347 e. The molecule has 0 saturated heterocycles. The molecule has 0 aliphatic rings. The van der Waals surface area contributed by atoms with Crippen LogP contribution in [0.3, 0.4) is 0 Å². The molecule has 1 atom stereocenters. The van der Waals surface area contributed by atoms with Crippen LogP contribution in [0.5, 0.6) is 11.5 Å². The lowest BCUT2D eigenvalue weighted by atomic mass is 10.2. The lowest BCUT2D eigenvalue weighted by molar-refractivity contribution is -0.153. The van der Waals surface area contributed by atoms with E-state index in [2.05, 4.69) is 5.32 Å². The minimum atomic E-state index is -0.833. The molecule has 2 aromatic rings. The Hall–Kier alpha value is -2.73. The summed E-state index contributed by atoms with van der Waals surface area (Å²) in [5, 5.41) is 2.95. The normalized spacial score (nSPS) is 11.4. The Balaban J connectivity index is 1.82. The van der Waals surface area contributed by atoms with E-state index in [1.165, 1.54) is 7.11 Å². The minimum absolute atomic E-state index is 0.363. The fourth-order valence-corrected chi connectivity index (χ4v) is 2.39. The average molecular weight is 378 g/mol. The number of benzene rings is 2. The summed E-state index contributed by atoms with van der Waals surface area (Å²) in [5.74, 6) is -0.0539. The van der Waals surface area contributed by atoms with Gasteiger partial charge >= 0.3 is 5.97 Å². The number of anilines is 1. The Bertz CT molecular complexity index is 793. The zero-order chi connectivity index (χ0) is 19.1. The van der Waals surface area contributed by atoms with Crippen LogP contribution in [-0.2, 0) is 14.3 Å². The number of carbonyl (C=O) groups excluding carboxylic acids is 2. The molecule has 2 rings (SSSR count). The molecule has 26 heavy (non-hydrogen) atoms. The van der Waals surface area contributed by atoms with Gasteiger partial charge in [0.15, 0.2) is 12.7 Å². The first-order valence-electron chi connectivity index (χ1n) is 7.92. The minimum Gasteiger partial charge on any atom is -0.495 e. The van der Waals surface area contributed by atoms with E-state index in [0.717, 1.165) is 5.56 Å². The van der Waals surface area contributed by atoms with E-state index in [4.69, 9.17) is 25.8 Å². The maximum absolute atomic E-state index is 12.0. The van der Waals surface area contributed by atoms with Crippen molar-refractivity contribution in [1.29, 1.82) is 0 Å². The molecule has 0 fully saturated rings. The third-order valence-electron chi connectivity index (χ3n) is 3.42. The first-order valence-corrected chi connectivity index (χ1v) is 8.30. The third-order valence-corrected chi connectivity index (χ3v) is 3.71. The van der Waals surface area contributed by atoms with Crippen molar-refractivity contribution in [2.75, 3.05) is 19.0 Å². The number of nitrogens with one attached hydrogen (secondary N) is 1. The molecule has 2 aromatic carbocycles. The first kappa shape index (κ1) is 19.6. The van der Waals surface area contributed by atoms with Gasteiger partial charge in [0.2, 0.25) is 0 Å². The number of methoxy groups -OCH3 is 1. The van der Waals surface area contributed by atoms with Crippen LogP contribution in [0.25, 0.3) is 0 Å². The summed E-state index contributed by atoms with van der Waals surface area (Å²) in [6.45, 7) is 3.06. The van der Waals surface area contributed by atoms with E-state index in [9.17, 15) is 9.59 Å². The van der Waals surface area contributed by atoms with Crippen LogP contribution in [-0.4, -0.2) is 31.7 Å². The van der Waals surface area contributed by atoms with Crippen LogP contribution in [0.15, 0.2) is 42.5 Å². The van der Waals surface area contributed by atoms with Crippen LogP contribution in [0.1, 0.15) is 12.5 Å². The van der Waals surface area contributed by atoms with Crippen LogP contribution >= 0.6 is 11.6 Å². The highest BCUT2D eigenvalue weighted by Gasteiger charge is 2.18. The molecular weight excluding hydrogens is 358 g/mol. The highest BCUT2D eigenvalue weighted by atomic mass is 35.5. The highest BCUT2D eigenvalue weighted by Crippen LogP contribution is 2.27. The maximum atomic E-state index is 12.0. The number of hydrogen-bond donors (Lipinski definition) is 1. The molecule has 0 aliphatic heterocycles. The number of halogens is 1. The summed E-state index contributed by atoms with van der Waals surface area (Å²) in [5.41, 5.74) is 1.49. The van der Waals surface area contributed by atoms with Gasteiger partial charge in [0.05, 0.1) is 12.1 Å². The Morgan fingerprint density at radius 1 is 1.19 bits per heavy atom. The van der Waals surface area contributed by atoms with Gasteiger partial charge in [-0.2, -0.15) is 0 Å². The second-order valence-corrected chi connectivity index (χ2v) is 5.99. The molecule has 0 unspecified atom stereocenters. The van der Waals surface area contributed by atoms with Gasteiger partial charge in [-0.3, -0.25) is 4.79 Å². The molecule has 1 amide bonds. The lowest BCUT2D eigenvalue weighted by Crippen LogP contribution is -2.29. The second kappa shape index (κ2) is 9.10. The fraction of sp³-hybridized carbons (Fsp3) is 0.263. The van der Waals surface area contributed by atoms with Crippen LogP contribution < -0.4 is 14.8 Å². The van der Waals surface area contributed by atoms with E-state index in [-0.39, 0.29) is 0 Å². The number of rotatable bonds is 7. The predicted octanol–water partition coefficient (Wildman–Crippen LogP) is 3.61. The summed E-state index contributed by atoms with van der Waals surface area (Å²) >= 11 is 5.99. The standard InChI is InChI=1S/C19H20ClNO5/c1-12-5-4-6-15(9-12)26-13(2)19(23)25-11-18(22)21-14-7-8-17(24-3)16(20)10-14/h4-10,13H,11H2,1-3H3,(H,21,22)/t13-/m0/s1. The van der Waals surface area contributed by atoms with E-state index in [0.29, 0.717) is 22.2 Å². The number of esters is 1. The summed E-state index contributed by atoms with van der Waals surface area (Å²) in [6, 6.07) is 12.1. The quantitative estimate of drug-likeness (QED) is 0.746. The Labute approximate surface area is 157 Å². The molecule has 0 radical (unpaired) electrons. The molecule has 0 bridgehead atoms. The molecule has 7 heteroatoms. The van der Waals surface area contributed by atoms with Gasteiger partial charge in [-0.25, -0.2) is 4.79 Å². The molecule has 138 valence electrons. The summed E-state index contributed by atoms with van der Waals surface area (Å²) in [6.07, 6.45) is -0.833. The smallest absolute Gasteiger partial charge is 0.347 e. The molecule has 1 N–H and O–H groups in total. The van der Waals surface area contributed by atoms with Crippen molar-refractivity contribution in [3.8, 4) is 11.5 Å². The monoisotopic (exact) mass is 377 g/mol. The Morgan fingerprint density at radius 2 is 1.96 bits per heavy atom. The van der Waals surface area contributed by atoms with Crippen molar-refractivity contribution >= 4 is 29.2 Å². The van der Waals surface area contributed by atoms with Gasteiger partial charge in [-0.15, -0.1) is 0 Å². The zero-order valence-electron chi connectivity index (χ0n) is 14.7.